The summed E-state index contributed by atoms with van der Waals surface area (Å²) in [4.78, 5) is 28.9. The number of amides is 2. The molecule has 7 nitrogen and oxygen atoms in total. The Bertz CT molecular complexity index is 877. The van der Waals surface area contributed by atoms with Gasteiger partial charge >= 0.3 is 0 Å². The Labute approximate surface area is 164 Å². The van der Waals surface area contributed by atoms with Crippen molar-refractivity contribution in [1.29, 1.82) is 0 Å². The summed E-state index contributed by atoms with van der Waals surface area (Å²) in [6.07, 6.45) is 0.738. The van der Waals surface area contributed by atoms with E-state index in [1.54, 1.807) is 28.6 Å². The average Bonchev–Trinajstić information content (AvgIpc) is 2.95. The van der Waals surface area contributed by atoms with Gasteiger partial charge in [0.1, 0.15) is 5.82 Å². The summed E-state index contributed by atoms with van der Waals surface area (Å²) in [7, 11) is 3.89. The van der Waals surface area contributed by atoms with Crippen molar-refractivity contribution in [2.75, 3.05) is 33.7 Å². The molecule has 1 N–H and O–H groups in total. The van der Waals surface area contributed by atoms with Crippen molar-refractivity contribution >= 4 is 11.8 Å². The lowest BCUT2D eigenvalue weighted by molar-refractivity contribution is 0.0745. The first kappa shape index (κ1) is 20.0. The van der Waals surface area contributed by atoms with E-state index < -0.39 is 0 Å². The first-order chi connectivity index (χ1) is 13.3. The summed E-state index contributed by atoms with van der Waals surface area (Å²) in [5.41, 5.74) is 2.10. The zero-order valence-electron chi connectivity index (χ0n) is 16.5. The lowest BCUT2D eigenvalue weighted by Gasteiger charge is -2.20. The lowest BCUT2D eigenvalue weighted by Crippen LogP contribution is -2.32. The van der Waals surface area contributed by atoms with Crippen LogP contribution in [-0.2, 0) is 13.1 Å². The first-order valence-corrected chi connectivity index (χ1v) is 9.40. The Morgan fingerprint density at radius 2 is 2.04 bits per heavy atom. The molecule has 28 heavy (non-hydrogen) atoms. The Morgan fingerprint density at radius 1 is 1.25 bits per heavy atom. The van der Waals surface area contributed by atoms with Gasteiger partial charge in [0.05, 0.1) is 12.2 Å². The first-order valence-electron chi connectivity index (χ1n) is 9.40. The molecule has 0 saturated heterocycles. The molecule has 1 aromatic heterocycles. The maximum atomic E-state index is 13.5. The second-order valence-corrected chi connectivity index (χ2v) is 7.35. The number of benzene rings is 1. The molecule has 2 aromatic rings. The van der Waals surface area contributed by atoms with Crippen molar-refractivity contribution in [2.24, 2.45) is 0 Å². The van der Waals surface area contributed by atoms with E-state index in [-0.39, 0.29) is 17.6 Å². The minimum atomic E-state index is -0.324. The number of carbonyl (C=O) groups excluding carboxylic acids is 2. The van der Waals surface area contributed by atoms with Crippen LogP contribution in [0.3, 0.4) is 0 Å². The highest BCUT2D eigenvalue weighted by molar-refractivity contribution is 5.94. The summed E-state index contributed by atoms with van der Waals surface area (Å²) < 4.78 is 15.3. The molecule has 2 amide bonds. The molecule has 0 saturated carbocycles. The van der Waals surface area contributed by atoms with Crippen LogP contribution >= 0.6 is 0 Å². The van der Waals surface area contributed by atoms with E-state index in [4.69, 9.17) is 0 Å². The molecule has 0 aliphatic carbocycles. The molecular formula is C20H26FN5O2. The third-order valence-corrected chi connectivity index (χ3v) is 4.78. The van der Waals surface area contributed by atoms with Crippen LogP contribution in [-0.4, -0.2) is 65.1 Å². The van der Waals surface area contributed by atoms with E-state index in [9.17, 15) is 14.0 Å². The number of aromatic nitrogens is 2. The van der Waals surface area contributed by atoms with E-state index >= 15 is 0 Å². The fraction of sp³-hybridized carbons (Fsp3) is 0.450. The van der Waals surface area contributed by atoms with Crippen LogP contribution in [0.25, 0.3) is 0 Å². The Kier molecular flexibility index (Phi) is 6.08. The molecule has 8 heteroatoms. The van der Waals surface area contributed by atoms with Crippen LogP contribution in [0.1, 0.15) is 38.5 Å². The predicted molar refractivity (Wildman–Crippen MR) is 104 cm³/mol. The minimum absolute atomic E-state index is 0.144. The number of rotatable bonds is 5. The van der Waals surface area contributed by atoms with Gasteiger partial charge in [-0.1, -0.05) is 0 Å². The molecule has 1 aliphatic heterocycles. The summed E-state index contributed by atoms with van der Waals surface area (Å²) in [6.45, 7) is 4.54. The Hall–Kier alpha value is -2.74. The SMILES string of the molecule is Cc1cc(C(=O)N2CCCn3nc(C(=O)NCCN(C)C)cc3C2)ccc1F. The molecule has 150 valence electrons. The molecule has 1 aromatic carbocycles. The lowest BCUT2D eigenvalue weighted by atomic mass is 10.1. The van der Waals surface area contributed by atoms with Gasteiger partial charge < -0.3 is 15.1 Å². The molecule has 0 fully saturated rings. The number of nitrogens with one attached hydrogen (secondary N) is 1. The van der Waals surface area contributed by atoms with E-state index in [1.807, 2.05) is 19.0 Å². The largest absolute Gasteiger partial charge is 0.349 e. The average molecular weight is 387 g/mol. The van der Waals surface area contributed by atoms with Gasteiger partial charge in [0.2, 0.25) is 0 Å². The predicted octanol–water partition coefficient (Wildman–Crippen LogP) is 1.67. The van der Waals surface area contributed by atoms with Gasteiger partial charge in [0, 0.05) is 31.7 Å². The van der Waals surface area contributed by atoms with E-state index in [0.29, 0.717) is 43.0 Å². The van der Waals surface area contributed by atoms with Crippen molar-refractivity contribution in [2.45, 2.75) is 26.4 Å². The van der Waals surface area contributed by atoms with Crippen LogP contribution in [0, 0.1) is 12.7 Å². The summed E-state index contributed by atoms with van der Waals surface area (Å²) in [5.74, 6) is -0.681. The highest BCUT2D eigenvalue weighted by Gasteiger charge is 2.23. The van der Waals surface area contributed by atoms with Crippen LogP contribution < -0.4 is 5.32 Å². The molecule has 1 aliphatic rings. The number of nitrogens with zero attached hydrogens (tertiary/aromatic N) is 4. The molecule has 0 unspecified atom stereocenters. The van der Waals surface area contributed by atoms with Crippen molar-refractivity contribution < 1.29 is 14.0 Å². The summed E-state index contributed by atoms with van der Waals surface area (Å²) in [5, 5.41) is 7.26. The van der Waals surface area contributed by atoms with Gasteiger partial charge in [-0.05, 0) is 57.3 Å². The normalized spacial score (nSPS) is 14.0. The monoisotopic (exact) mass is 387 g/mol. The third-order valence-electron chi connectivity index (χ3n) is 4.78. The number of likely N-dealkylation sites (N-methyl/N-ethyl adjacent to an activating group) is 1. The second kappa shape index (κ2) is 8.52. The minimum Gasteiger partial charge on any atom is -0.349 e. The zero-order chi connectivity index (χ0) is 20.3. The molecule has 2 heterocycles. The van der Waals surface area contributed by atoms with Gasteiger partial charge in [0.15, 0.2) is 5.69 Å². The maximum absolute atomic E-state index is 13.5. The van der Waals surface area contributed by atoms with Crippen molar-refractivity contribution in [1.82, 2.24) is 24.9 Å². The fourth-order valence-electron chi connectivity index (χ4n) is 3.19. The van der Waals surface area contributed by atoms with Crippen molar-refractivity contribution in [3.8, 4) is 0 Å². The third kappa shape index (κ3) is 4.56. The molecule has 0 spiro atoms. The van der Waals surface area contributed by atoms with Crippen molar-refractivity contribution in [3.05, 3.63) is 52.6 Å². The second-order valence-electron chi connectivity index (χ2n) is 7.35. The van der Waals surface area contributed by atoms with E-state index in [1.165, 1.54) is 12.1 Å². The Morgan fingerprint density at radius 3 is 2.75 bits per heavy atom. The zero-order valence-corrected chi connectivity index (χ0v) is 16.5. The van der Waals surface area contributed by atoms with Crippen molar-refractivity contribution in [3.63, 3.8) is 0 Å². The molecular weight excluding hydrogens is 361 g/mol. The highest BCUT2D eigenvalue weighted by Crippen LogP contribution is 2.18. The topological polar surface area (TPSA) is 70.5 Å². The number of halogens is 1. The van der Waals surface area contributed by atoms with E-state index in [2.05, 4.69) is 10.4 Å². The quantitative estimate of drug-likeness (QED) is 0.847. The summed E-state index contributed by atoms with van der Waals surface area (Å²) >= 11 is 0. The van der Waals surface area contributed by atoms with Crippen LogP contribution in [0.2, 0.25) is 0 Å². The highest BCUT2D eigenvalue weighted by atomic mass is 19.1. The fourth-order valence-corrected chi connectivity index (χ4v) is 3.19. The number of hydrogen-bond donors (Lipinski definition) is 1. The Balaban J connectivity index is 1.71. The number of hydrogen-bond acceptors (Lipinski definition) is 4. The van der Waals surface area contributed by atoms with Gasteiger partial charge in [-0.15, -0.1) is 0 Å². The molecule has 0 radical (unpaired) electrons. The molecule has 0 bridgehead atoms. The van der Waals surface area contributed by atoms with Gasteiger partial charge in [-0.2, -0.15) is 5.10 Å². The van der Waals surface area contributed by atoms with Gasteiger partial charge in [-0.25, -0.2) is 4.39 Å². The van der Waals surface area contributed by atoms with Gasteiger partial charge in [-0.3, -0.25) is 14.3 Å². The maximum Gasteiger partial charge on any atom is 0.271 e. The molecule has 3 rings (SSSR count). The van der Waals surface area contributed by atoms with Gasteiger partial charge in [0.25, 0.3) is 11.8 Å². The number of fused-ring (bicyclic) bond motifs is 1. The van der Waals surface area contributed by atoms with Crippen LogP contribution in [0.5, 0.6) is 0 Å². The standard InChI is InChI=1S/C20H26FN5O2/c1-14-11-15(5-6-17(14)21)20(28)25-8-4-9-26-16(13-25)12-18(23-26)19(27)22-7-10-24(2)3/h5-6,11-12H,4,7-10,13H2,1-3H3,(H,22,27). The number of aryl methyl sites for hydroxylation is 2. The van der Waals surface area contributed by atoms with Crippen LogP contribution in [0.15, 0.2) is 24.3 Å². The molecule has 0 atom stereocenters. The van der Waals surface area contributed by atoms with Crippen LogP contribution in [0.4, 0.5) is 4.39 Å². The smallest absolute Gasteiger partial charge is 0.271 e. The number of carbonyl (C=O) groups is 2. The summed E-state index contributed by atoms with van der Waals surface area (Å²) in [6, 6.07) is 6.15. The van der Waals surface area contributed by atoms with E-state index in [0.717, 1.165) is 18.7 Å².